The zero-order chi connectivity index (χ0) is 36.0. The molecule has 4 heterocycles. The van der Waals surface area contributed by atoms with Crippen LogP contribution >= 0.6 is 0 Å². The summed E-state index contributed by atoms with van der Waals surface area (Å²) in [7, 11) is 0. The van der Waals surface area contributed by atoms with Gasteiger partial charge in [0, 0.05) is 43.8 Å². The third kappa shape index (κ3) is 4.47. The fourth-order valence-electron chi connectivity index (χ4n) is 8.61. The first kappa shape index (κ1) is 30.0. The third-order valence-electron chi connectivity index (χ3n) is 11.1. The number of para-hydroxylation sites is 4. The summed E-state index contributed by atoms with van der Waals surface area (Å²) in [6.07, 6.45) is 0. The average Bonchev–Trinajstić information content (AvgIpc) is 3.59. The van der Waals surface area contributed by atoms with E-state index in [1.807, 2.05) is 60.7 Å². The van der Waals surface area contributed by atoms with Gasteiger partial charge in [0.1, 0.15) is 0 Å². The Labute approximate surface area is 315 Å². The van der Waals surface area contributed by atoms with Crippen molar-refractivity contribution in [1.29, 1.82) is 0 Å². The largest absolute Gasteiger partial charge is 0.308 e. The highest BCUT2D eigenvalue weighted by molar-refractivity contribution is 6.28. The summed E-state index contributed by atoms with van der Waals surface area (Å²) in [5, 5.41) is 7.18. The second-order valence-corrected chi connectivity index (χ2v) is 14.2. The molecule has 5 heteroatoms. The van der Waals surface area contributed by atoms with Crippen molar-refractivity contribution in [2.75, 3.05) is 0 Å². The van der Waals surface area contributed by atoms with Crippen molar-refractivity contribution in [3.63, 3.8) is 0 Å². The van der Waals surface area contributed by atoms with Gasteiger partial charge in [-0.15, -0.1) is 0 Å². The van der Waals surface area contributed by atoms with Crippen molar-refractivity contribution in [1.82, 2.24) is 24.3 Å². The van der Waals surface area contributed by atoms with E-state index in [4.69, 9.17) is 19.9 Å². The molecule has 254 valence electrons. The molecule has 0 aliphatic carbocycles. The lowest BCUT2D eigenvalue weighted by Crippen LogP contribution is -1.97. The Kier molecular flexibility index (Phi) is 6.27. The molecule has 0 aliphatic rings. The van der Waals surface area contributed by atoms with Gasteiger partial charge in [-0.1, -0.05) is 127 Å². The maximum atomic E-state index is 5.33. The van der Waals surface area contributed by atoms with Crippen LogP contribution in [0.25, 0.3) is 116 Å². The van der Waals surface area contributed by atoms with Crippen molar-refractivity contribution >= 4 is 70.9 Å². The van der Waals surface area contributed by atoms with E-state index in [1.54, 1.807) is 0 Å². The van der Waals surface area contributed by atoms with Gasteiger partial charge in [0.2, 0.25) is 0 Å². The van der Waals surface area contributed by atoms with Crippen LogP contribution in [0.4, 0.5) is 0 Å². The van der Waals surface area contributed by atoms with Crippen LogP contribution in [0.1, 0.15) is 0 Å². The highest BCUT2D eigenvalue weighted by atomic mass is 14.9. The Morgan fingerprint density at radius 3 is 1.38 bits per heavy atom. The van der Waals surface area contributed by atoms with E-state index in [9.17, 15) is 0 Å². The van der Waals surface area contributed by atoms with E-state index < -0.39 is 0 Å². The molecule has 0 saturated carbocycles. The van der Waals surface area contributed by atoms with Crippen molar-refractivity contribution in [2.24, 2.45) is 0 Å². The van der Waals surface area contributed by atoms with Crippen LogP contribution in [-0.4, -0.2) is 24.3 Å². The standard InChI is InChI=1S/C50H29N5/c1-3-13-31(14-4-1)46-48(53-41-22-9-7-20-39(41)51-46)33-25-26-35-37-27-34(49-47(32-15-5-2-6-16-32)52-40-21-8-10-23-42(40)54-49)28-38-36-19-11-17-30-18-12-24-43(45(30)36)55(50(37)38)44(35)29-33/h1-29H. The molecule has 12 aromatic rings. The summed E-state index contributed by atoms with van der Waals surface area (Å²) in [5.41, 5.74) is 14.6. The molecule has 0 spiro atoms. The predicted molar refractivity (Wildman–Crippen MR) is 227 cm³/mol. The zero-order valence-electron chi connectivity index (χ0n) is 29.5. The maximum Gasteiger partial charge on any atom is 0.0973 e. The van der Waals surface area contributed by atoms with E-state index in [2.05, 4.69) is 120 Å². The summed E-state index contributed by atoms with van der Waals surface area (Å²) >= 11 is 0. The summed E-state index contributed by atoms with van der Waals surface area (Å²) < 4.78 is 2.46. The Morgan fingerprint density at radius 2 is 0.800 bits per heavy atom. The van der Waals surface area contributed by atoms with Gasteiger partial charge in [-0.25, -0.2) is 19.9 Å². The van der Waals surface area contributed by atoms with E-state index in [0.717, 1.165) is 78.0 Å². The van der Waals surface area contributed by atoms with E-state index >= 15 is 0 Å². The Balaban J connectivity index is 1.21. The van der Waals surface area contributed by atoms with Crippen LogP contribution in [0.5, 0.6) is 0 Å². The molecule has 5 nitrogen and oxygen atoms in total. The molecule has 0 bridgehead atoms. The highest BCUT2D eigenvalue weighted by Crippen LogP contribution is 2.45. The normalized spacial score (nSPS) is 12.0. The second kappa shape index (κ2) is 11.5. The predicted octanol–water partition coefficient (Wildman–Crippen LogP) is 12.5. The maximum absolute atomic E-state index is 5.33. The Morgan fingerprint density at radius 1 is 0.309 bits per heavy atom. The molecule has 0 unspecified atom stereocenters. The van der Waals surface area contributed by atoms with E-state index in [-0.39, 0.29) is 0 Å². The van der Waals surface area contributed by atoms with Gasteiger partial charge in [-0.05, 0) is 59.3 Å². The molecular formula is C50H29N5. The van der Waals surface area contributed by atoms with Gasteiger partial charge in [-0.3, -0.25) is 0 Å². The number of hydrogen-bond donors (Lipinski definition) is 0. The topological polar surface area (TPSA) is 56.0 Å². The molecule has 0 N–H and O–H groups in total. The number of fused-ring (bicyclic) bond motifs is 7. The van der Waals surface area contributed by atoms with Crippen LogP contribution in [0.3, 0.4) is 0 Å². The number of benzene rings is 8. The first-order chi connectivity index (χ1) is 27.3. The van der Waals surface area contributed by atoms with Crippen molar-refractivity contribution in [3.05, 3.63) is 176 Å². The first-order valence-corrected chi connectivity index (χ1v) is 18.6. The van der Waals surface area contributed by atoms with Crippen molar-refractivity contribution in [2.45, 2.75) is 0 Å². The smallest absolute Gasteiger partial charge is 0.0973 e. The molecular weight excluding hydrogens is 671 g/mol. The number of aromatic nitrogens is 5. The van der Waals surface area contributed by atoms with E-state index in [0.29, 0.717) is 0 Å². The van der Waals surface area contributed by atoms with Gasteiger partial charge in [0.25, 0.3) is 0 Å². The molecule has 0 fully saturated rings. The van der Waals surface area contributed by atoms with Gasteiger partial charge in [0.15, 0.2) is 0 Å². The zero-order valence-corrected chi connectivity index (χ0v) is 29.5. The molecule has 55 heavy (non-hydrogen) atoms. The van der Waals surface area contributed by atoms with Gasteiger partial charge >= 0.3 is 0 Å². The van der Waals surface area contributed by atoms with Crippen LogP contribution < -0.4 is 0 Å². The van der Waals surface area contributed by atoms with Gasteiger partial charge in [0.05, 0.1) is 61.4 Å². The number of pyridine rings is 1. The lowest BCUT2D eigenvalue weighted by molar-refractivity contribution is 1.29. The Bertz CT molecular complexity index is 3470. The molecule has 0 aliphatic heterocycles. The minimum absolute atomic E-state index is 0.860. The lowest BCUT2D eigenvalue weighted by atomic mass is 9.95. The third-order valence-corrected chi connectivity index (χ3v) is 11.1. The van der Waals surface area contributed by atoms with Crippen molar-refractivity contribution in [3.8, 4) is 45.0 Å². The molecule has 0 amide bonds. The molecule has 8 aromatic carbocycles. The van der Waals surface area contributed by atoms with Crippen LogP contribution in [-0.2, 0) is 0 Å². The molecule has 0 atom stereocenters. The van der Waals surface area contributed by atoms with E-state index in [1.165, 1.54) is 38.0 Å². The minimum atomic E-state index is 0.860. The first-order valence-electron chi connectivity index (χ1n) is 18.6. The molecule has 0 radical (unpaired) electrons. The lowest BCUT2D eigenvalue weighted by Gasteiger charge is -2.15. The van der Waals surface area contributed by atoms with Crippen molar-refractivity contribution < 1.29 is 0 Å². The fourth-order valence-corrected chi connectivity index (χ4v) is 8.61. The summed E-state index contributed by atoms with van der Waals surface area (Å²) in [5.74, 6) is 0. The van der Waals surface area contributed by atoms with Gasteiger partial charge < -0.3 is 4.40 Å². The minimum Gasteiger partial charge on any atom is -0.308 e. The molecule has 12 rings (SSSR count). The second-order valence-electron chi connectivity index (χ2n) is 14.2. The number of rotatable bonds is 4. The van der Waals surface area contributed by atoms with Crippen LogP contribution in [0.15, 0.2) is 176 Å². The molecule has 0 saturated heterocycles. The average molecular weight is 700 g/mol. The van der Waals surface area contributed by atoms with Crippen LogP contribution in [0, 0.1) is 0 Å². The Hall–Kier alpha value is -7.50. The summed E-state index contributed by atoms with van der Waals surface area (Å²) in [4.78, 5) is 21.0. The molecule has 4 aromatic heterocycles. The fraction of sp³-hybridized carbons (Fsp3) is 0. The highest BCUT2D eigenvalue weighted by Gasteiger charge is 2.23. The van der Waals surface area contributed by atoms with Gasteiger partial charge in [-0.2, -0.15) is 0 Å². The quantitative estimate of drug-likeness (QED) is 0.136. The SMILES string of the molecule is c1ccc(-c2nc3ccccc3nc2-c2cc3c4cccc5cccc(c54)n4c5cc(-c6nc7ccccc7nc6-c6ccccc6)ccc5c(c2)c34)cc1. The number of nitrogens with zero attached hydrogens (tertiary/aromatic N) is 5. The summed E-state index contributed by atoms with van der Waals surface area (Å²) in [6.45, 7) is 0. The summed E-state index contributed by atoms with van der Waals surface area (Å²) in [6, 6.07) is 61.8. The number of hydrogen-bond acceptors (Lipinski definition) is 4. The monoisotopic (exact) mass is 699 g/mol. The van der Waals surface area contributed by atoms with Crippen LogP contribution in [0.2, 0.25) is 0 Å².